The zero-order valence-corrected chi connectivity index (χ0v) is 16.2. The van der Waals surface area contributed by atoms with Gasteiger partial charge in [-0.25, -0.2) is 4.79 Å². The minimum atomic E-state index is -0.488. The van der Waals surface area contributed by atoms with Crippen LogP contribution in [-0.2, 0) is 11.2 Å². The van der Waals surface area contributed by atoms with Crippen molar-refractivity contribution < 1.29 is 9.53 Å². The van der Waals surface area contributed by atoms with E-state index in [0.29, 0.717) is 6.54 Å². The van der Waals surface area contributed by atoms with E-state index in [2.05, 4.69) is 18.9 Å². The van der Waals surface area contributed by atoms with Crippen molar-refractivity contribution in [1.82, 2.24) is 4.90 Å². The molecule has 2 aromatic carbocycles. The molecule has 0 fully saturated rings. The van der Waals surface area contributed by atoms with Crippen molar-refractivity contribution >= 4 is 30.3 Å². The van der Waals surface area contributed by atoms with E-state index in [0.717, 1.165) is 23.4 Å². The van der Waals surface area contributed by atoms with Crippen LogP contribution in [0.3, 0.4) is 0 Å². The Labute approximate surface area is 155 Å². The van der Waals surface area contributed by atoms with Gasteiger partial charge in [-0.2, -0.15) is 0 Å². The number of para-hydroxylation sites is 2. The molecule has 0 aliphatic heterocycles. The molecule has 134 valence electrons. The number of likely N-dealkylation sites (N-methyl/N-ethyl adjacent to an activating group) is 1. The van der Waals surface area contributed by atoms with Gasteiger partial charge in [-0.1, -0.05) is 49.2 Å². The summed E-state index contributed by atoms with van der Waals surface area (Å²) in [5.41, 5.74) is 2.64. The highest BCUT2D eigenvalue weighted by molar-refractivity contribution is 7.82. The molecule has 0 aliphatic carbocycles. The minimum Gasteiger partial charge on any atom is -0.444 e. The maximum absolute atomic E-state index is 12.1. The predicted octanol–water partition coefficient (Wildman–Crippen LogP) is 5.08. The van der Waals surface area contributed by atoms with Gasteiger partial charge in [0, 0.05) is 13.6 Å². The van der Waals surface area contributed by atoms with E-state index >= 15 is 0 Å². The van der Waals surface area contributed by atoms with E-state index in [1.54, 1.807) is 11.9 Å². The lowest BCUT2D eigenvalue weighted by Gasteiger charge is -2.25. The Bertz CT molecular complexity index is 698. The largest absolute Gasteiger partial charge is 0.444 e. The molecule has 0 aromatic heterocycles. The molecular formula is C20H26N2O2S. The van der Waals surface area contributed by atoms with Crippen molar-refractivity contribution in [3.05, 3.63) is 60.2 Å². The third-order valence-corrected chi connectivity index (χ3v) is 4.09. The van der Waals surface area contributed by atoms with E-state index in [9.17, 15) is 4.79 Å². The number of carbonyl (C=O) groups excluding carboxylic acids is 1. The highest BCUT2D eigenvalue weighted by Crippen LogP contribution is 2.30. The van der Waals surface area contributed by atoms with Crippen molar-refractivity contribution in [3.8, 4) is 0 Å². The molecule has 0 saturated heterocycles. The smallest absolute Gasteiger partial charge is 0.410 e. The average molecular weight is 359 g/mol. The molecule has 0 unspecified atom stereocenters. The van der Waals surface area contributed by atoms with Crippen LogP contribution in [0.5, 0.6) is 0 Å². The van der Waals surface area contributed by atoms with Crippen molar-refractivity contribution in [3.63, 3.8) is 0 Å². The Morgan fingerprint density at radius 3 is 2.28 bits per heavy atom. The molecule has 0 bridgehead atoms. The molecular weight excluding hydrogens is 332 g/mol. The van der Waals surface area contributed by atoms with Gasteiger partial charge < -0.3 is 9.64 Å². The molecule has 1 amide bonds. The number of benzene rings is 2. The standard InChI is InChI=1S/C20H26N2O2S/c1-20(2,3)24-19(23)21(4)15-14-16-10-8-9-13-18(16)22(25)17-11-6-5-7-12-17/h5-13,25H,14-15H2,1-4H3. The second kappa shape index (κ2) is 8.30. The lowest BCUT2D eigenvalue weighted by Crippen LogP contribution is -2.35. The van der Waals surface area contributed by atoms with Gasteiger partial charge in [-0.3, -0.25) is 4.31 Å². The van der Waals surface area contributed by atoms with Gasteiger partial charge in [0.05, 0.1) is 11.4 Å². The number of amides is 1. The van der Waals surface area contributed by atoms with Gasteiger partial charge in [0.25, 0.3) is 0 Å². The summed E-state index contributed by atoms with van der Waals surface area (Å²) in [5.74, 6) is 0. The maximum atomic E-state index is 12.1. The molecule has 0 spiro atoms. The Morgan fingerprint density at radius 2 is 1.64 bits per heavy atom. The summed E-state index contributed by atoms with van der Waals surface area (Å²) >= 11 is 4.65. The number of nitrogens with zero attached hydrogens (tertiary/aromatic N) is 2. The van der Waals surface area contributed by atoms with Crippen LogP contribution in [0.4, 0.5) is 16.2 Å². The number of hydrogen-bond acceptors (Lipinski definition) is 4. The van der Waals surface area contributed by atoms with Crippen LogP contribution in [0.2, 0.25) is 0 Å². The zero-order chi connectivity index (χ0) is 18.4. The third-order valence-electron chi connectivity index (χ3n) is 3.64. The van der Waals surface area contributed by atoms with Crippen LogP contribution in [0, 0.1) is 0 Å². The summed E-state index contributed by atoms with van der Waals surface area (Å²) in [6, 6.07) is 18.0. The summed E-state index contributed by atoms with van der Waals surface area (Å²) in [7, 11) is 1.76. The highest BCUT2D eigenvalue weighted by Gasteiger charge is 2.20. The summed E-state index contributed by atoms with van der Waals surface area (Å²) in [4.78, 5) is 13.7. The van der Waals surface area contributed by atoms with Gasteiger partial charge in [0.15, 0.2) is 0 Å². The fraction of sp³-hybridized carbons (Fsp3) is 0.350. The molecule has 0 radical (unpaired) electrons. The topological polar surface area (TPSA) is 32.8 Å². The van der Waals surface area contributed by atoms with Crippen molar-refractivity contribution in [2.24, 2.45) is 0 Å². The van der Waals surface area contributed by atoms with E-state index in [1.165, 1.54) is 0 Å². The number of thiol groups is 1. The fourth-order valence-corrected chi connectivity index (χ4v) is 2.68. The minimum absolute atomic E-state index is 0.309. The number of rotatable bonds is 5. The quantitative estimate of drug-likeness (QED) is 0.757. The first-order chi connectivity index (χ1) is 11.8. The Morgan fingerprint density at radius 1 is 1.04 bits per heavy atom. The summed E-state index contributed by atoms with van der Waals surface area (Å²) in [6.07, 6.45) is 0.409. The Hall–Kier alpha value is -2.14. The highest BCUT2D eigenvalue weighted by atomic mass is 32.1. The molecule has 0 heterocycles. The zero-order valence-electron chi connectivity index (χ0n) is 15.3. The van der Waals surface area contributed by atoms with Crippen molar-refractivity contribution in [2.45, 2.75) is 32.8 Å². The van der Waals surface area contributed by atoms with Crippen LogP contribution >= 0.6 is 12.8 Å². The first-order valence-electron chi connectivity index (χ1n) is 8.34. The number of carbonyl (C=O) groups is 1. The molecule has 0 atom stereocenters. The second-order valence-electron chi connectivity index (χ2n) is 6.93. The molecule has 0 aliphatic rings. The summed E-state index contributed by atoms with van der Waals surface area (Å²) in [6.45, 7) is 6.17. The maximum Gasteiger partial charge on any atom is 0.410 e. The SMILES string of the molecule is CN(CCc1ccccc1N(S)c1ccccc1)C(=O)OC(C)(C)C. The molecule has 2 aromatic rings. The molecule has 2 rings (SSSR count). The lowest BCUT2D eigenvalue weighted by atomic mass is 10.1. The van der Waals surface area contributed by atoms with Crippen LogP contribution in [-0.4, -0.2) is 30.2 Å². The van der Waals surface area contributed by atoms with Crippen LogP contribution in [0.1, 0.15) is 26.3 Å². The number of ether oxygens (including phenoxy) is 1. The normalized spacial score (nSPS) is 11.1. The molecule has 25 heavy (non-hydrogen) atoms. The van der Waals surface area contributed by atoms with E-state index in [1.807, 2.05) is 73.6 Å². The average Bonchev–Trinajstić information content (AvgIpc) is 2.58. The number of anilines is 2. The number of hydrogen-bond donors (Lipinski definition) is 1. The summed E-state index contributed by atoms with van der Waals surface area (Å²) in [5, 5.41) is 0. The van der Waals surface area contributed by atoms with Gasteiger partial charge in [0.2, 0.25) is 0 Å². The Balaban J connectivity index is 2.07. The van der Waals surface area contributed by atoms with E-state index in [4.69, 9.17) is 4.74 Å². The fourth-order valence-electron chi connectivity index (χ4n) is 2.36. The van der Waals surface area contributed by atoms with Crippen LogP contribution in [0.25, 0.3) is 0 Å². The molecule has 0 saturated carbocycles. The lowest BCUT2D eigenvalue weighted by molar-refractivity contribution is 0.0301. The van der Waals surface area contributed by atoms with Crippen molar-refractivity contribution in [1.29, 1.82) is 0 Å². The molecule has 0 N–H and O–H groups in total. The summed E-state index contributed by atoms with van der Waals surface area (Å²) < 4.78 is 7.26. The van der Waals surface area contributed by atoms with Crippen molar-refractivity contribution in [2.75, 3.05) is 17.9 Å². The van der Waals surface area contributed by atoms with Gasteiger partial charge >= 0.3 is 6.09 Å². The predicted molar refractivity (Wildman–Crippen MR) is 107 cm³/mol. The monoisotopic (exact) mass is 358 g/mol. The molecule has 5 heteroatoms. The second-order valence-corrected chi connectivity index (χ2v) is 7.33. The molecule has 4 nitrogen and oxygen atoms in total. The van der Waals surface area contributed by atoms with Crippen LogP contribution < -0.4 is 4.31 Å². The van der Waals surface area contributed by atoms with Gasteiger partial charge in [-0.15, -0.1) is 0 Å². The first-order valence-corrected chi connectivity index (χ1v) is 8.74. The van der Waals surface area contributed by atoms with E-state index in [-0.39, 0.29) is 6.09 Å². The third kappa shape index (κ3) is 5.71. The Kier molecular flexibility index (Phi) is 6.37. The first kappa shape index (κ1) is 19.2. The van der Waals surface area contributed by atoms with Crippen LogP contribution in [0.15, 0.2) is 54.6 Å². The van der Waals surface area contributed by atoms with E-state index < -0.39 is 5.60 Å². The van der Waals surface area contributed by atoms with Gasteiger partial charge in [0.1, 0.15) is 5.60 Å². The van der Waals surface area contributed by atoms with Gasteiger partial charge in [-0.05, 0) is 51.0 Å².